The molecular weight excluding hydrogens is 288 g/mol. The highest BCUT2D eigenvalue weighted by Crippen LogP contribution is 2.50. The normalized spacial score (nSPS) is 34.0. The van der Waals surface area contributed by atoms with Crippen LogP contribution >= 0.6 is 0 Å². The van der Waals surface area contributed by atoms with Crippen LogP contribution in [0.25, 0.3) is 0 Å². The summed E-state index contributed by atoms with van der Waals surface area (Å²) in [5.41, 5.74) is 0.514. The summed E-state index contributed by atoms with van der Waals surface area (Å²) in [5.74, 6) is -0.691. The van der Waals surface area contributed by atoms with Crippen molar-refractivity contribution in [2.45, 2.75) is 33.2 Å². The average Bonchev–Trinajstić information content (AvgIpc) is 2.56. The molecule has 1 saturated heterocycles. The van der Waals surface area contributed by atoms with Gasteiger partial charge in [-0.1, -0.05) is 44.2 Å². The van der Waals surface area contributed by atoms with Crippen LogP contribution in [0, 0.1) is 34.5 Å². The summed E-state index contributed by atoms with van der Waals surface area (Å²) in [6, 6.07) is 12.1. The fourth-order valence-electron chi connectivity index (χ4n) is 4.38. The molecule has 0 spiro atoms. The van der Waals surface area contributed by atoms with Gasteiger partial charge in [-0.15, -0.1) is 0 Å². The van der Waals surface area contributed by atoms with Gasteiger partial charge < -0.3 is 4.90 Å². The first-order valence-corrected chi connectivity index (χ1v) is 8.24. The minimum absolute atomic E-state index is 0.0132. The molecule has 2 fully saturated rings. The van der Waals surface area contributed by atoms with Crippen molar-refractivity contribution >= 4 is 11.7 Å². The molecule has 4 atom stereocenters. The van der Waals surface area contributed by atoms with E-state index >= 15 is 0 Å². The number of amides is 1. The van der Waals surface area contributed by atoms with Crippen molar-refractivity contribution in [2.75, 3.05) is 6.54 Å². The van der Waals surface area contributed by atoms with Gasteiger partial charge in [-0.3, -0.25) is 9.59 Å². The van der Waals surface area contributed by atoms with Gasteiger partial charge in [0.1, 0.15) is 5.92 Å². The second kappa shape index (κ2) is 5.81. The predicted octanol–water partition coefficient (Wildman–Crippen LogP) is 2.79. The zero-order chi connectivity index (χ0) is 16.6. The van der Waals surface area contributed by atoms with E-state index in [1.165, 1.54) is 0 Å². The lowest BCUT2D eigenvalue weighted by molar-refractivity contribution is -0.161. The Bertz CT molecular complexity index is 664. The number of ketones is 1. The van der Waals surface area contributed by atoms with Gasteiger partial charge in [0.05, 0.1) is 11.5 Å². The standard InChI is InChI=1S/C19H22N2O2/c1-13-16-8-9-21(12-14-6-4-3-5-7-14)18(23)19(16,2)10-15(11-20)17(13)22/h3-7,13,15-16H,8-10,12H2,1-2H3. The lowest BCUT2D eigenvalue weighted by atomic mass is 9.56. The van der Waals surface area contributed by atoms with E-state index < -0.39 is 11.3 Å². The number of nitrogens with zero attached hydrogens (tertiary/aromatic N) is 2. The number of rotatable bonds is 2. The first-order chi connectivity index (χ1) is 11.0. The predicted molar refractivity (Wildman–Crippen MR) is 86.0 cm³/mol. The maximum atomic E-state index is 13.1. The summed E-state index contributed by atoms with van der Waals surface area (Å²) in [4.78, 5) is 27.3. The highest BCUT2D eigenvalue weighted by Gasteiger charge is 2.55. The molecule has 2 aliphatic rings. The Morgan fingerprint density at radius 2 is 2.00 bits per heavy atom. The van der Waals surface area contributed by atoms with Gasteiger partial charge in [0.15, 0.2) is 5.78 Å². The van der Waals surface area contributed by atoms with Crippen molar-refractivity contribution in [1.29, 1.82) is 5.26 Å². The Balaban J connectivity index is 1.85. The highest BCUT2D eigenvalue weighted by molar-refractivity contribution is 5.92. The molecule has 1 aromatic carbocycles. The van der Waals surface area contributed by atoms with E-state index in [1.807, 2.05) is 49.1 Å². The van der Waals surface area contributed by atoms with Crippen LogP contribution < -0.4 is 0 Å². The number of benzene rings is 1. The molecule has 1 aliphatic heterocycles. The molecule has 1 saturated carbocycles. The van der Waals surface area contributed by atoms with E-state index in [1.54, 1.807) is 0 Å². The van der Waals surface area contributed by atoms with Gasteiger partial charge >= 0.3 is 0 Å². The summed E-state index contributed by atoms with van der Waals surface area (Å²) in [5, 5.41) is 9.28. The number of Topliss-reactive ketones (excluding diaryl/α,β-unsaturated/α-hetero) is 1. The SMILES string of the molecule is CC1C(=O)C(C#N)CC2(C)C(=O)N(Cc3ccccc3)CCC12. The van der Waals surface area contributed by atoms with Gasteiger partial charge in [0.25, 0.3) is 0 Å². The third-order valence-electron chi connectivity index (χ3n) is 5.70. The third-order valence-corrected chi connectivity index (χ3v) is 5.70. The van der Waals surface area contributed by atoms with E-state index in [-0.39, 0.29) is 23.5 Å². The van der Waals surface area contributed by atoms with Crippen LogP contribution in [0.4, 0.5) is 0 Å². The van der Waals surface area contributed by atoms with Crippen LogP contribution in [0.3, 0.4) is 0 Å². The molecule has 0 bridgehead atoms. The Hall–Kier alpha value is -2.15. The van der Waals surface area contributed by atoms with Crippen LogP contribution in [0.15, 0.2) is 30.3 Å². The Morgan fingerprint density at radius 1 is 1.30 bits per heavy atom. The maximum Gasteiger partial charge on any atom is 0.229 e. The fourth-order valence-corrected chi connectivity index (χ4v) is 4.38. The lowest BCUT2D eigenvalue weighted by Crippen LogP contribution is -2.58. The zero-order valence-corrected chi connectivity index (χ0v) is 13.7. The molecule has 4 nitrogen and oxygen atoms in total. The van der Waals surface area contributed by atoms with Crippen LogP contribution in [0.1, 0.15) is 32.3 Å². The fraction of sp³-hybridized carbons (Fsp3) is 0.526. The summed E-state index contributed by atoms with van der Waals surface area (Å²) < 4.78 is 0. The largest absolute Gasteiger partial charge is 0.338 e. The Labute approximate surface area is 137 Å². The molecular formula is C19H22N2O2. The van der Waals surface area contributed by atoms with Crippen LogP contribution in [0.5, 0.6) is 0 Å². The van der Waals surface area contributed by atoms with Crippen molar-refractivity contribution in [3.8, 4) is 6.07 Å². The number of fused-ring (bicyclic) bond motifs is 1. The van der Waals surface area contributed by atoms with Crippen molar-refractivity contribution < 1.29 is 9.59 Å². The molecule has 1 aliphatic carbocycles. The van der Waals surface area contributed by atoms with Gasteiger partial charge in [0, 0.05) is 19.0 Å². The number of carbonyl (C=O) groups is 2. The summed E-state index contributed by atoms with van der Waals surface area (Å²) in [7, 11) is 0. The minimum Gasteiger partial charge on any atom is -0.338 e. The molecule has 1 aromatic rings. The number of hydrogen-bond acceptors (Lipinski definition) is 3. The molecule has 4 unspecified atom stereocenters. The second-order valence-corrected chi connectivity index (χ2v) is 7.10. The number of hydrogen-bond donors (Lipinski definition) is 0. The number of nitriles is 1. The highest BCUT2D eigenvalue weighted by atomic mass is 16.2. The van der Waals surface area contributed by atoms with E-state index in [2.05, 4.69) is 6.07 Å². The molecule has 23 heavy (non-hydrogen) atoms. The number of piperidine rings is 1. The van der Waals surface area contributed by atoms with Gasteiger partial charge in [-0.05, 0) is 24.3 Å². The van der Waals surface area contributed by atoms with Gasteiger partial charge in [-0.2, -0.15) is 5.26 Å². The van der Waals surface area contributed by atoms with Gasteiger partial charge in [-0.25, -0.2) is 0 Å². The first-order valence-electron chi connectivity index (χ1n) is 8.24. The quantitative estimate of drug-likeness (QED) is 0.844. The topological polar surface area (TPSA) is 61.2 Å². The molecule has 0 aromatic heterocycles. The van der Waals surface area contributed by atoms with E-state index in [4.69, 9.17) is 0 Å². The van der Waals surface area contributed by atoms with Crippen molar-refractivity contribution in [3.05, 3.63) is 35.9 Å². The molecule has 1 amide bonds. The smallest absolute Gasteiger partial charge is 0.229 e. The lowest BCUT2D eigenvalue weighted by Gasteiger charge is -2.50. The number of carbonyl (C=O) groups excluding carboxylic acids is 2. The Morgan fingerprint density at radius 3 is 2.65 bits per heavy atom. The first kappa shape index (κ1) is 15.7. The minimum atomic E-state index is -0.646. The summed E-state index contributed by atoms with van der Waals surface area (Å²) in [6.45, 7) is 5.11. The summed E-state index contributed by atoms with van der Waals surface area (Å²) >= 11 is 0. The molecule has 0 N–H and O–H groups in total. The van der Waals surface area contributed by atoms with Crippen LogP contribution in [-0.4, -0.2) is 23.1 Å². The van der Waals surface area contributed by atoms with Crippen LogP contribution in [-0.2, 0) is 16.1 Å². The number of likely N-dealkylation sites (tertiary alicyclic amines) is 1. The molecule has 1 heterocycles. The zero-order valence-electron chi connectivity index (χ0n) is 13.7. The molecule has 120 valence electrons. The van der Waals surface area contributed by atoms with Crippen molar-refractivity contribution in [2.24, 2.45) is 23.2 Å². The molecule has 4 heteroatoms. The summed E-state index contributed by atoms with van der Waals surface area (Å²) in [6.07, 6.45) is 1.20. The Kier molecular flexibility index (Phi) is 3.97. The van der Waals surface area contributed by atoms with Crippen LogP contribution in [0.2, 0.25) is 0 Å². The van der Waals surface area contributed by atoms with E-state index in [9.17, 15) is 14.9 Å². The third kappa shape index (κ3) is 2.55. The maximum absolute atomic E-state index is 13.1. The monoisotopic (exact) mass is 310 g/mol. The van der Waals surface area contributed by atoms with Gasteiger partial charge in [0.2, 0.25) is 5.91 Å². The molecule has 3 rings (SSSR count). The van der Waals surface area contributed by atoms with Crippen molar-refractivity contribution in [3.63, 3.8) is 0 Å². The van der Waals surface area contributed by atoms with E-state index in [0.29, 0.717) is 19.5 Å². The van der Waals surface area contributed by atoms with E-state index in [0.717, 1.165) is 12.0 Å². The second-order valence-electron chi connectivity index (χ2n) is 7.10. The average molecular weight is 310 g/mol. The molecule has 0 radical (unpaired) electrons. The van der Waals surface area contributed by atoms with Crippen molar-refractivity contribution in [1.82, 2.24) is 4.90 Å².